The summed E-state index contributed by atoms with van der Waals surface area (Å²) in [5.74, 6) is 1.05. The highest BCUT2D eigenvalue weighted by molar-refractivity contribution is 8.15. The van der Waals surface area contributed by atoms with Crippen molar-refractivity contribution in [2.24, 2.45) is 10.9 Å². The van der Waals surface area contributed by atoms with Gasteiger partial charge >= 0.3 is 0 Å². The standard InChI is InChI=1S/C18H24N2O5S2/c1-11(2)17(21)19-18-20(13-9-27(22,23)10-16(13)26-18)8-12-5-6-14(24-3)15(7-12)25-4/h5-7,11,13,16H,8-10H2,1-4H3/t13-,16-/m1/s1. The van der Waals surface area contributed by atoms with Gasteiger partial charge in [-0.3, -0.25) is 4.79 Å². The van der Waals surface area contributed by atoms with Gasteiger partial charge in [-0.15, -0.1) is 0 Å². The second kappa shape index (κ2) is 7.71. The lowest BCUT2D eigenvalue weighted by Crippen LogP contribution is -2.37. The number of ether oxygens (including phenoxy) is 2. The number of hydrogen-bond donors (Lipinski definition) is 0. The highest BCUT2D eigenvalue weighted by Gasteiger charge is 2.48. The van der Waals surface area contributed by atoms with E-state index in [1.165, 1.54) is 11.8 Å². The molecule has 2 heterocycles. The minimum atomic E-state index is -3.07. The van der Waals surface area contributed by atoms with Crippen LogP contribution in [0.4, 0.5) is 0 Å². The first kappa shape index (κ1) is 20.0. The monoisotopic (exact) mass is 412 g/mol. The van der Waals surface area contributed by atoms with Crippen LogP contribution in [0.15, 0.2) is 23.2 Å². The van der Waals surface area contributed by atoms with Crippen LogP contribution < -0.4 is 9.47 Å². The second-order valence-corrected chi connectivity index (χ2v) is 10.4. The smallest absolute Gasteiger partial charge is 0.250 e. The Kier molecular flexibility index (Phi) is 5.71. The number of carbonyl (C=O) groups is 1. The summed E-state index contributed by atoms with van der Waals surface area (Å²) in [7, 11) is 0.0753. The summed E-state index contributed by atoms with van der Waals surface area (Å²) in [6.07, 6.45) is 0. The molecule has 3 rings (SSSR count). The van der Waals surface area contributed by atoms with E-state index in [1.807, 2.05) is 23.1 Å². The molecule has 0 saturated carbocycles. The number of methoxy groups -OCH3 is 2. The lowest BCUT2D eigenvalue weighted by molar-refractivity contribution is -0.120. The Morgan fingerprint density at radius 1 is 1.26 bits per heavy atom. The van der Waals surface area contributed by atoms with E-state index in [4.69, 9.17) is 9.47 Å². The molecule has 2 fully saturated rings. The number of sulfone groups is 1. The third kappa shape index (κ3) is 4.24. The Balaban J connectivity index is 1.91. The molecule has 1 amide bonds. The van der Waals surface area contributed by atoms with E-state index < -0.39 is 9.84 Å². The first-order valence-electron chi connectivity index (χ1n) is 8.71. The fourth-order valence-corrected chi connectivity index (χ4v) is 7.18. The van der Waals surface area contributed by atoms with Crippen molar-refractivity contribution in [1.29, 1.82) is 0 Å². The summed E-state index contributed by atoms with van der Waals surface area (Å²) >= 11 is 1.39. The molecular weight excluding hydrogens is 388 g/mol. The number of benzene rings is 1. The van der Waals surface area contributed by atoms with Crippen molar-refractivity contribution in [2.75, 3.05) is 25.7 Å². The summed E-state index contributed by atoms with van der Waals surface area (Å²) in [4.78, 5) is 18.4. The van der Waals surface area contributed by atoms with Gasteiger partial charge in [-0.25, -0.2) is 8.42 Å². The second-order valence-electron chi connectivity index (χ2n) is 7.01. The Morgan fingerprint density at radius 2 is 1.96 bits per heavy atom. The Morgan fingerprint density at radius 3 is 2.59 bits per heavy atom. The van der Waals surface area contributed by atoms with E-state index in [1.54, 1.807) is 28.1 Å². The maximum Gasteiger partial charge on any atom is 0.250 e. The van der Waals surface area contributed by atoms with E-state index in [2.05, 4.69) is 4.99 Å². The molecular formula is C18H24N2O5S2. The van der Waals surface area contributed by atoms with Crippen molar-refractivity contribution < 1.29 is 22.7 Å². The molecule has 0 radical (unpaired) electrons. The molecule has 9 heteroatoms. The molecule has 148 valence electrons. The van der Waals surface area contributed by atoms with Crippen LogP contribution >= 0.6 is 11.8 Å². The van der Waals surface area contributed by atoms with Gasteiger partial charge in [0.2, 0.25) is 0 Å². The molecule has 0 bridgehead atoms. The maximum atomic E-state index is 12.1. The van der Waals surface area contributed by atoms with Gasteiger partial charge in [0.05, 0.1) is 31.8 Å². The van der Waals surface area contributed by atoms with Crippen LogP contribution in [0, 0.1) is 5.92 Å². The number of aliphatic imine (C=N–C) groups is 1. The molecule has 2 saturated heterocycles. The molecule has 0 unspecified atom stereocenters. The van der Waals surface area contributed by atoms with Gasteiger partial charge < -0.3 is 14.4 Å². The fraction of sp³-hybridized carbons (Fsp3) is 0.556. The summed E-state index contributed by atoms with van der Waals surface area (Å²) in [6, 6.07) is 5.41. The van der Waals surface area contributed by atoms with Crippen molar-refractivity contribution in [3.05, 3.63) is 23.8 Å². The molecule has 2 atom stereocenters. The molecule has 0 aromatic heterocycles. The summed E-state index contributed by atoms with van der Waals surface area (Å²) in [6.45, 7) is 4.06. The number of thioether (sulfide) groups is 1. The van der Waals surface area contributed by atoms with Crippen LogP contribution in [0.2, 0.25) is 0 Å². The van der Waals surface area contributed by atoms with Crippen molar-refractivity contribution in [3.63, 3.8) is 0 Å². The molecule has 0 N–H and O–H groups in total. The van der Waals surface area contributed by atoms with Crippen molar-refractivity contribution in [2.45, 2.75) is 31.7 Å². The lowest BCUT2D eigenvalue weighted by Gasteiger charge is -2.25. The average molecular weight is 413 g/mol. The summed E-state index contributed by atoms with van der Waals surface area (Å²) < 4.78 is 34.8. The Labute approximate surface area is 164 Å². The van der Waals surface area contributed by atoms with Crippen LogP contribution in [-0.2, 0) is 21.2 Å². The summed E-state index contributed by atoms with van der Waals surface area (Å²) in [5, 5.41) is 0.516. The van der Waals surface area contributed by atoms with E-state index in [-0.39, 0.29) is 34.6 Å². The van der Waals surface area contributed by atoms with Crippen LogP contribution in [0.5, 0.6) is 11.5 Å². The lowest BCUT2D eigenvalue weighted by atomic mass is 10.1. The molecule has 0 aliphatic carbocycles. The minimum absolute atomic E-state index is 0.0890. The van der Waals surface area contributed by atoms with Crippen molar-refractivity contribution >= 4 is 32.7 Å². The predicted octanol–water partition coefficient (Wildman–Crippen LogP) is 1.96. The van der Waals surface area contributed by atoms with E-state index in [0.29, 0.717) is 23.2 Å². The minimum Gasteiger partial charge on any atom is -0.493 e. The largest absolute Gasteiger partial charge is 0.493 e. The van der Waals surface area contributed by atoms with Crippen molar-refractivity contribution in [1.82, 2.24) is 4.90 Å². The molecule has 2 aliphatic heterocycles. The molecule has 0 spiro atoms. The van der Waals surface area contributed by atoms with Crippen LogP contribution in [0.3, 0.4) is 0 Å². The van der Waals surface area contributed by atoms with Gasteiger partial charge in [-0.2, -0.15) is 4.99 Å². The van der Waals surface area contributed by atoms with E-state index >= 15 is 0 Å². The van der Waals surface area contributed by atoms with Crippen LogP contribution in [0.25, 0.3) is 0 Å². The normalized spacial score (nSPS) is 25.1. The third-order valence-corrected chi connectivity index (χ3v) is 7.92. The third-order valence-electron chi connectivity index (χ3n) is 4.68. The molecule has 1 aromatic carbocycles. The van der Waals surface area contributed by atoms with Crippen molar-refractivity contribution in [3.8, 4) is 11.5 Å². The van der Waals surface area contributed by atoms with E-state index in [9.17, 15) is 13.2 Å². The number of fused-ring (bicyclic) bond motifs is 1. The molecule has 27 heavy (non-hydrogen) atoms. The maximum absolute atomic E-state index is 12.1. The first-order chi connectivity index (χ1) is 12.7. The van der Waals surface area contributed by atoms with Gasteiger partial charge in [0.25, 0.3) is 5.91 Å². The van der Waals surface area contributed by atoms with E-state index in [0.717, 1.165) is 5.56 Å². The highest BCUT2D eigenvalue weighted by Crippen LogP contribution is 2.39. The highest BCUT2D eigenvalue weighted by atomic mass is 32.2. The fourth-order valence-electron chi connectivity index (χ4n) is 3.22. The van der Waals surface area contributed by atoms with Crippen LogP contribution in [-0.4, -0.2) is 61.4 Å². The molecule has 2 aliphatic rings. The SMILES string of the molecule is COc1ccc(CN2C(=NC(=O)C(C)C)S[C@@H]3CS(=O)(=O)C[C@H]32)cc1OC. The predicted molar refractivity (Wildman–Crippen MR) is 106 cm³/mol. The Bertz CT molecular complexity index is 867. The molecule has 7 nitrogen and oxygen atoms in total. The zero-order chi connectivity index (χ0) is 19.8. The topological polar surface area (TPSA) is 85.3 Å². The number of hydrogen-bond acceptors (Lipinski definition) is 6. The average Bonchev–Trinajstić information content (AvgIpc) is 3.07. The van der Waals surface area contributed by atoms with Gasteiger partial charge in [-0.1, -0.05) is 31.7 Å². The summed E-state index contributed by atoms with van der Waals surface area (Å²) in [5.41, 5.74) is 0.933. The number of amides is 1. The van der Waals surface area contributed by atoms with Gasteiger partial charge in [0.1, 0.15) is 0 Å². The zero-order valence-electron chi connectivity index (χ0n) is 15.8. The number of carbonyl (C=O) groups excluding carboxylic acids is 1. The molecule has 1 aromatic rings. The first-order valence-corrected chi connectivity index (χ1v) is 11.4. The van der Waals surface area contributed by atoms with Gasteiger partial charge in [0, 0.05) is 17.7 Å². The Hall–Kier alpha value is -1.74. The van der Waals surface area contributed by atoms with Gasteiger partial charge in [0.15, 0.2) is 26.5 Å². The zero-order valence-corrected chi connectivity index (χ0v) is 17.5. The number of nitrogens with zero attached hydrogens (tertiary/aromatic N) is 2. The number of rotatable bonds is 5. The quantitative estimate of drug-likeness (QED) is 0.731. The number of amidine groups is 1. The van der Waals surface area contributed by atoms with Crippen LogP contribution in [0.1, 0.15) is 19.4 Å². The van der Waals surface area contributed by atoms with Gasteiger partial charge in [-0.05, 0) is 17.7 Å².